The first-order chi connectivity index (χ1) is 34.7. The number of hydrogen-bond acceptors (Lipinski definition) is 0. The van der Waals surface area contributed by atoms with Crippen LogP contribution < -0.4 is 0 Å². The van der Waals surface area contributed by atoms with E-state index >= 15 is 0 Å². The lowest BCUT2D eigenvalue weighted by molar-refractivity contribution is 0.784. The molecule has 0 nitrogen and oxygen atoms in total. The molecule has 71 heavy (non-hydrogen) atoms. The van der Waals surface area contributed by atoms with Crippen molar-refractivity contribution >= 4 is 34.1 Å². The molecular weight excluding hydrogens is 853 g/mol. The molecule has 6 aliphatic carbocycles. The lowest BCUT2D eigenvalue weighted by Gasteiger charge is -2.31. The Morgan fingerprint density at radius 3 is 1.68 bits per heavy atom. The van der Waals surface area contributed by atoms with Gasteiger partial charge in [0.15, 0.2) is 0 Å². The molecule has 6 aliphatic rings. The summed E-state index contributed by atoms with van der Waals surface area (Å²) in [6.07, 6.45) is 38.9. The summed E-state index contributed by atoms with van der Waals surface area (Å²) in [5.74, 6) is 0. The second kappa shape index (κ2) is 23.6. The zero-order valence-corrected chi connectivity index (χ0v) is 44.5. The summed E-state index contributed by atoms with van der Waals surface area (Å²) in [7, 11) is 0. The molecule has 0 radical (unpaired) electrons. The highest BCUT2D eigenvalue weighted by atomic mass is 14.5. The Morgan fingerprint density at radius 2 is 1.04 bits per heavy atom. The predicted molar refractivity (Wildman–Crippen MR) is 313 cm³/mol. The average Bonchev–Trinajstić information content (AvgIpc) is 3.70. The minimum atomic E-state index is -0.199. The molecule has 6 aromatic rings. The highest BCUT2D eigenvalue weighted by Gasteiger charge is 2.51. The maximum absolute atomic E-state index is 2.41. The molecule has 0 amide bonds. The molecule has 1 spiro atoms. The number of aryl methyl sites for hydroxylation is 3. The van der Waals surface area contributed by atoms with Crippen LogP contribution in [0.15, 0.2) is 181 Å². The van der Waals surface area contributed by atoms with E-state index in [1.165, 1.54) is 170 Å². The van der Waals surface area contributed by atoms with Gasteiger partial charge in [-0.15, -0.1) is 0 Å². The smallest absolute Gasteiger partial charge is 0.0725 e. The normalized spacial score (nSPS) is 15.9. The van der Waals surface area contributed by atoms with Gasteiger partial charge in [0.25, 0.3) is 0 Å². The van der Waals surface area contributed by atoms with Crippen LogP contribution in [0.4, 0.5) is 0 Å². The molecule has 0 aromatic heterocycles. The highest BCUT2D eigenvalue weighted by Crippen LogP contribution is 2.62. The first kappa shape index (κ1) is 50.9. The van der Waals surface area contributed by atoms with Crippen molar-refractivity contribution in [2.75, 3.05) is 0 Å². The molecule has 0 atom stereocenters. The van der Waals surface area contributed by atoms with Gasteiger partial charge in [0.05, 0.1) is 5.41 Å². The maximum Gasteiger partial charge on any atom is 0.0725 e. The maximum atomic E-state index is 2.41. The number of allylic oxidation sites excluding steroid dienone is 14. The van der Waals surface area contributed by atoms with Crippen molar-refractivity contribution in [1.29, 1.82) is 0 Å². The quantitative estimate of drug-likeness (QED) is 0.165. The van der Waals surface area contributed by atoms with Crippen LogP contribution in [-0.2, 0) is 18.3 Å². The topological polar surface area (TPSA) is 0 Å². The van der Waals surface area contributed by atoms with E-state index in [2.05, 4.69) is 238 Å². The summed E-state index contributed by atoms with van der Waals surface area (Å²) < 4.78 is 0. The fourth-order valence-electron chi connectivity index (χ4n) is 11.2. The third-order valence-corrected chi connectivity index (χ3v) is 15.1. The summed E-state index contributed by atoms with van der Waals surface area (Å²) in [6.45, 7) is 19.7. The van der Waals surface area contributed by atoms with Crippen LogP contribution in [-0.4, -0.2) is 0 Å². The molecule has 0 unspecified atom stereocenters. The lowest BCUT2D eigenvalue weighted by atomic mass is 9.69. The monoisotopic (exact) mass is 931 g/mol. The van der Waals surface area contributed by atoms with Crippen LogP contribution in [0.5, 0.6) is 0 Å². The zero-order valence-electron chi connectivity index (χ0n) is 44.5. The molecule has 12 rings (SSSR count). The summed E-state index contributed by atoms with van der Waals surface area (Å²) in [6, 6.07) is 40.5. The van der Waals surface area contributed by atoms with Crippen molar-refractivity contribution in [3.8, 4) is 11.1 Å². The van der Waals surface area contributed by atoms with Crippen LogP contribution >= 0.6 is 0 Å². The Bertz CT molecular complexity index is 3080. The zero-order chi connectivity index (χ0) is 49.9. The van der Waals surface area contributed by atoms with Gasteiger partial charge < -0.3 is 0 Å². The van der Waals surface area contributed by atoms with E-state index in [1.807, 2.05) is 0 Å². The second-order valence-electron chi connectivity index (χ2n) is 20.3. The summed E-state index contributed by atoms with van der Waals surface area (Å²) >= 11 is 0. The summed E-state index contributed by atoms with van der Waals surface area (Å²) in [5.41, 5.74) is 26.8. The van der Waals surface area contributed by atoms with Crippen molar-refractivity contribution < 1.29 is 0 Å². The molecule has 362 valence electrons. The Balaban J connectivity index is 0.000000136. The fourth-order valence-corrected chi connectivity index (χ4v) is 11.2. The van der Waals surface area contributed by atoms with Crippen LogP contribution in [0.3, 0.4) is 0 Å². The van der Waals surface area contributed by atoms with Crippen molar-refractivity contribution in [3.05, 3.63) is 247 Å². The Hall–Kier alpha value is -6.50. The van der Waals surface area contributed by atoms with E-state index in [1.54, 1.807) is 11.1 Å². The van der Waals surface area contributed by atoms with Crippen molar-refractivity contribution in [2.45, 2.75) is 138 Å². The van der Waals surface area contributed by atoms with Crippen molar-refractivity contribution in [1.82, 2.24) is 0 Å². The Labute approximate surface area is 428 Å². The molecule has 0 N–H and O–H groups in total. The van der Waals surface area contributed by atoms with Crippen LogP contribution in [0.25, 0.3) is 45.2 Å². The summed E-state index contributed by atoms with van der Waals surface area (Å²) in [5, 5.41) is 2.87. The number of fused-ring (bicyclic) bond motifs is 15. The highest BCUT2D eigenvalue weighted by molar-refractivity contribution is 6.01. The Kier molecular flexibility index (Phi) is 16.9. The first-order valence-electron chi connectivity index (χ1n) is 27.1. The predicted octanol–water partition coefficient (Wildman–Crippen LogP) is 20.3. The summed E-state index contributed by atoms with van der Waals surface area (Å²) in [4.78, 5) is 0. The molecule has 0 saturated carbocycles. The van der Waals surface area contributed by atoms with E-state index in [9.17, 15) is 0 Å². The van der Waals surface area contributed by atoms with Crippen molar-refractivity contribution in [2.24, 2.45) is 0 Å². The number of rotatable bonds is 4. The molecule has 0 heteroatoms. The van der Waals surface area contributed by atoms with E-state index in [4.69, 9.17) is 0 Å². The third kappa shape index (κ3) is 10.6. The van der Waals surface area contributed by atoms with E-state index < -0.39 is 0 Å². The fraction of sp³-hybridized carbons (Fsp3) is 0.296. The van der Waals surface area contributed by atoms with Crippen LogP contribution in [0, 0.1) is 20.8 Å². The number of benzene rings is 6. The van der Waals surface area contributed by atoms with Gasteiger partial charge in [-0.3, -0.25) is 0 Å². The van der Waals surface area contributed by atoms with Gasteiger partial charge in [0.1, 0.15) is 0 Å². The minimum absolute atomic E-state index is 0.199. The molecule has 0 fully saturated rings. The van der Waals surface area contributed by atoms with Gasteiger partial charge in [-0.2, -0.15) is 0 Å². The Morgan fingerprint density at radius 1 is 0.479 bits per heavy atom. The molecule has 0 bridgehead atoms. The molecular formula is C71H78. The first-order valence-corrected chi connectivity index (χ1v) is 27.1. The SMILES string of the molecule is CC1=C(/C=C(\C)c2cccc(C)c2)CCC=C1.CCCC.CCCC.Cc1ccc2c(c1)C1(C3=C2C=CCC=C3)c2ccccc2-c2ccccc21.Cc1ccc2c3c(c4c(c2c1)C=CCC4)CCC=C3. The molecule has 0 heterocycles. The van der Waals surface area contributed by atoms with Gasteiger partial charge >= 0.3 is 0 Å². The number of unbranched alkanes of at least 4 members (excludes halogenated alkanes) is 2. The van der Waals surface area contributed by atoms with E-state index in [0.29, 0.717) is 0 Å². The standard InChI is InChI=1S/C27H20.C19H18.C17H20.2C4H10/c1-18-15-16-22-21-9-3-2-4-12-23(21)27(26(22)17-18)24-13-7-5-10-19(24)20-11-6-8-14-25(20)27;1-13-10-11-18-16-8-3-2-6-14(16)15-7-4-5-9-17(15)19(18)12-13;1-13-7-6-10-16(11-13)15(3)12-17-9-5-4-8-14(17)2;2*1-3-4-2/h3-17H,2H2,1H3;3,5,8-12H,2,4,6-7H2,1H3;4,6-8,10-12H,5,9H2,1-3H3;2*3-4H2,1-2H3/b;;15-12+;;. The molecule has 0 aliphatic heterocycles. The van der Waals surface area contributed by atoms with Crippen LogP contribution in [0.2, 0.25) is 0 Å². The van der Waals surface area contributed by atoms with Crippen molar-refractivity contribution in [3.63, 3.8) is 0 Å². The average molecular weight is 931 g/mol. The molecule has 6 aromatic carbocycles. The lowest BCUT2D eigenvalue weighted by Crippen LogP contribution is -2.26. The van der Waals surface area contributed by atoms with Gasteiger partial charge in [-0.25, -0.2) is 0 Å². The number of hydrogen-bond donors (Lipinski definition) is 0. The van der Waals surface area contributed by atoms with Crippen LogP contribution in [0.1, 0.15) is 166 Å². The van der Waals surface area contributed by atoms with Gasteiger partial charge in [0, 0.05) is 0 Å². The van der Waals surface area contributed by atoms with Gasteiger partial charge in [-0.1, -0.05) is 246 Å². The van der Waals surface area contributed by atoms with E-state index in [0.717, 1.165) is 6.42 Å². The third-order valence-electron chi connectivity index (χ3n) is 15.1. The molecule has 0 saturated heterocycles. The van der Waals surface area contributed by atoms with E-state index in [-0.39, 0.29) is 5.41 Å². The van der Waals surface area contributed by atoms with Gasteiger partial charge in [0.2, 0.25) is 0 Å². The van der Waals surface area contributed by atoms with Gasteiger partial charge in [-0.05, 0) is 179 Å². The second-order valence-corrected chi connectivity index (χ2v) is 20.3. The largest absolute Gasteiger partial charge is 0.0839 e. The minimum Gasteiger partial charge on any atom is -0.0839 e.